The van der Waals surface area contributed by atoms with Crippen molar-refractivity contribution in [1.82, 2.24) is 10.2 Å². The fourth-order valence-electron chi connectivity index (χ4n) is 2.96. The van der Waals surface area contributed by atoms with E-state index in [0.29, 0.717) is 11.3 Å². The van der Waals surface area contributed by atoms with Crippen molar-refractivity contribution in [3.8, 4) is 23.0 Å². The van der Waals surface area contributed by atoms with Crippen LogP contribution in [0.4, 0.5) is 18.9 Å². The number of aromatic amines is 1. The summed E-state index contributed by atoms with van der Waals surface area (Å²) >= 11 is 0. The van der Waals surface area contributed by atoms with Crippen molar-refractivity contribution in [1.29, 1.82) is 0 Å². The van der Waals surface area contributed by atoms with Gasteiger partial charge in [-0.3, -0.25) is 9.89 Å². The Bertz CT molecular complexity index is 1140. The van der Waals surface area contributed by atoms with Gasteiger partial charge < -0.3 is 4.90 Å². The number of hydrogen-bond acceptors (Lipinski definition) is 2. The van der Waals surface area contributed by atoms with E-state index in [0.717, 1.165) is 17.3 Å². The maximum absolute atomic E-state index is 13.2. The molecule has 2 aromatic carbocycles. The van der Waals surface area contributed by atoms with Crippen molar-refractivity contribution < 1.29 is 18.0 Å². The zero-order chi connectivity index (χ0) is 22.8. The van der Waals surface area contributed by atoms with Crippen LogP contribution in [0.2, 0.25) is 0 Å². The summed E-state index contributed by atoms with van der Waals surface area (Å²) in [4.78, 5) is 14.0. The van der Waals surface area contributed by atoms with Gasteiger partial charge in [0.05, 0.1) is 11.3 Å². The molecular formula is C24H22F3N3O. The van der Waals surface area contributed by atoms with Crippen LogP contribution in [-0.4, -0.2) is 23.2 Å². The third-order valence-electron chi connectivity index (χ3n) is 4.49. The van der Waals surface area contributed by atoms with Crippen LogP contribution in [-0.2, 0) is 6.18 Å². The minimum Gasteiger partial charge on any atom is -0.311 e. The van der Waals surface area contributed by atoms with Crippen LogP contribution >= 0.6 is 0 Å². The van der Waals surface area contributed by atoms with Crippen molar-refractivity contribution in [2.45, 2.75) is 26.9 Å². The van der Waals surface area contributed by atoms with Crippen molar-refractivity contribution in [2.75, 3.05) is 11.9 Å². The summed E-state index contributed by atoms with van der Waals surface area (Å²) in [5.41, 5.74) is 0.993. The monoisotopic (exact) mass is 425 g/mol. The average Bonchev–Trinajstić information content (AvgIpc) is 3.21. The first-order valence-corrected chi connectivity index (χ1v) is 9.59. The number of para-hydroxylation sites is 1. The first-order chi connectivity index (χ1) is 14.5. The van der Waals surface area contributed by atoms with Gasteiger partial charge in [0.15, 0.2) is 5.69 Å². The molecule has 0 atom stereocenters. The number of H-pyrrole nitrogens is 1. The van der Waals surface area contributed by atoms with E-state index in [4.69, 9.17) is 0 Å². The molecular weight excluding hydrogens is 403 g/mol. The molecule has 3 rings (SSSR count). The van der Waals surface area contributed by atoms with Crippen LogP contribution in [0.3, 0.4) is 0 Å². The summed E-state index contributed by atoms with van der Waals surface area (Å²) in [6.45, 7) is 6.09. The van der Waals surface area contributed by atoms with Crippen LogP contribution in [0.5, 0.6) is 0 Å². The largest absolute Gasteiger partial charge is 0.435 e. The second-order valence-electron chi connectivity index (χ2n) is 8.10. The topological polar surface area (TPSA) is 49.0 Å². The van der Waals surface area contributed by atoms with Gasteiger partial charge in [-0.15, -0.1) is 0 Å². The number of benzene rings is 2. The van der Waals surface area contributed by atoms with Crippen LogP contribution in [0.25, 0.3) is 11.1 Å². The minimum absolute atomic E-state index is 0.114. The summed E-state index contributed by atoms with van der Waals surface area (Å²) in [5.74, 6) is 5.49. The van der Waals surface area contributed by atoms with Crippen LogP contribution in [0, 0.1) is 17.3 Å². The molecule has 3 aromatic rings. The van der Waals surface area contributed by atoms with Crippen molar-refractivity contribution in [3.05, 3.63) is 71.5 Å². The van der Waals surface area contributed by atoms with Crippen molar-refractivity contribution >= 4 is 11.6 Å². The summed E-state index contributed by atoms with van der Waals surface area (Å²) in [6.07, 6.45) is -3.76. The number of hydrogen-bond donors (Lipinski definition) is 1. The number of halogens is 3. The highest BCUT2D eigenvalue weighted by Crippen LogP contribution is 2.34. The number of carbonyl (C=O) groups is 1. The van der Waals surface area contributed by atoms with E-state index in [1.807, 2.05) is 57.2 Å². The highest BCUT2D eigenvalue weighted by atomic mass is 19.4. The number of aromatic nitrogens is 2. The molecule has 1 heterocycles. The van der Waals surface area contributed by atoms with Gasteiger partial charge in [0.1, 0.15) is 0 Å². The Morgan fingerprint density at radius 3 is 2.29 bits per heavy atom. The fourth-order valence-corrected chi connectivity index (χ4v) is 2.96. The molecule has 0 unspecified atom stereocenters. The van der Waals surface area contributed by atoms with E-state index in [1.54, 1.807) is 12.1 Å². The average molecular weight is 425 g/mol. The Labute approximate surface area is 179 Å². The van der Waals surface area contributed by atoms with Gasteiger partial charge in [-0.05, 0) is 44.5 Å². The molecule has 0 saturated heterocycles. The van der Waals surface area contributed by atoms with Crippen LogP contribution in [0.15, 0.2) is 54.7 Å². The third-order valence-corrected chi connectivity index (χ3v) is 4.49. The lowest BCUT2D eigenvalue weighted by Crippen LogP contribution is -2.28. The molecule has 0 radical (unpaired) electrons. The number of rotatable bonds is 3. The molecule has 31 heavy (non-hydrogen) atoms. The Hall–Kier alpha value is -3.53. The molecule has 0 spiro atoms. The lowest BCUT2D eigenvalue weighted by atomic mass is 9.97. The van der Waals surface area contributed by atoms with Crippen LogP contribution in [0.1, 0.15) is 42.4 Å². The highest BCUT2D eigenvalue weighted by Gasteiger charge is 2.39. The Morgan fingerprint density at radius 1 is 1.03 bits per heavy atom. The number of alkyl halides is 3. The second-order valence-corrected chi connectivity index (χ2v) is 8.10. The van der Waals surface area contributed by atoms with Gasteiger partial charge in [-0.2, -0.15) is 18.3 Å². The molecule has 0 aliphatic carbocycles. The second kappa shape index (κ2) is 8.31. The number of amides is 1. The standard InChI is InChI=1S/C24H22F3N3O/c1-23(2,3)14-13-16-9-11-17(12-10-16)18-7-5-6-8-20(18)30(4)22(31)19-15-28-29-21(19)24(25,26)27/h5-12,15H,1-4H3,(H,28,29). The van der Waals surface area contributed by atoms with E-state index < -0.39 is 23.3 Å². The first-order valence-electron chi connectivity index (χ1n) is 9.59. The van der Waals surface area contributed by atoms with Gasteiger partial charge in [0, 0.05) is 29.8 Å². The van der Waals surface area contributed by atoms with Gasteiger partial charge in [0.2, 0.25) is 0 Å². The van der Waals surface area contributed by atoms with E-state index >= 15 is 0 Å². The normalized spacial score (nSPS) is 11.6. The summed E-state index contributed by atoms with van der Waals surface area (Å²) in [7, 11) is 1.44. The number of anilines is 1. The molecule has 160 valence electrons. The zero-order valence-electron chi connectivity index (χ0n) is 17.6. The lowest BCUT2D eigenvalue weighted by Gasteiger charge is -2.21. The number of nitrogens with one attached hydrogen (secondary N) is 1. The maximum atomic E-state index is 13.2. The fraction of sp³-hybridized carbons (Fsp3) is 0.250. The predicted octanol–water partition coefficient (Wildman–Crippen LogP) is 5.77. The molecule has 1 aromatic heterocycles. The van der Waals surface area contributed by atoms with Gasteiger partial charge in [0.25, 0.3) is 5.91 Å². The van der Waals surface area contributed by atoms with Crippen molar-refractivity contribution in [3.63, 3.8) is 0 Å². The van der Waals surface area contributed by atoms with E-state index in [9.17, 15) is 18.0 Å². The first kappa shape index (κ1) is 22.2. The minimum atomic E-state index is -4.73. The van der Waals surface area contributed by atoms with E-state index in [1.165, 1.54) is 11.9 Å². The summed E-state index contributed by atoms with van der Waals surface area (Å²) < 4.78 is 39.5. The SMILES string of the molecule is CN(C(=O)c1c[nH]nc1C(F)(F)F)c1ccccc1-c1ccc(C#CC(C)(C)C)cc1. The molecule has 4 nitrogen and oxygen atoms in total. The Morgan fingerprint density at radius 2 is 1.68 bits per heavy atom. The highest BCUT2D eigenvalue weighted by molar-refractivity contribution is 6.08. The third kappa shape index (κ3) is 5.15. The quantitative estimate of drug-likeness (QED) is 0.542. The molecule has 0 aliphatic rings. The smallest absolute Gasteiger partial charge is 0.311 e. The summed E-state index contributed by atoms with van der Waals surface area (Å²) in [6, 6.07) is 14.6. The van der Waals surface area contributed by atoms with Gasteiger partial charge in [-0.25, -0.2) is 0 Å². The van der Waals surface area contributed by atoms with Crippen LogP contribution < -0.4 is 4.90 Å². The van der Waals surface area contributed by atoms with E-state index in [-0.39, 0.29) is 5.41 Å². The molecule has 1 N–H and O–H groups in total. The molecule has 1 amide bonds. The Kier molecular flexibility index (Phi) is 5.94. The number of nitrogens with zero attached hydrogens (tertiary/aromatic N) is 2. The number of carbonyl (C=O) groups excluding carboxylic acids is 1. The molecule has 7 heteroatoms. The maximum Gasteiger partial charge on any atom is 0.435 e. The molecule has 0 bridgehead atoms. The Balaban J connectivity index is 1.94. The summed E-state index contributed by atoms with van der Waals surface area (Å²) in [5, 5.41) is 5.34. The van der Waals surface area contributed by atoms with Crippen molar-refractivity contribution in [2.24, 2.45) is 5.41 Å². The molecule has 0 aliphatic heterocycles. The molecule has 0 saturated carbocycles. The predicted molar refractivity (Wildman–Crippen MR) is 115 cm³/mol. The molecule has 0 fully saturated rings. The lowest BCUT2D eigenvalue weighted by molar-refractivity contribution is -0.141. The van der Waals surface area contributed by atoms with Gasteiger partial charge >= 0.3 is 6.18 Å². The van der Waals surface area contributed by atoms with E-state index in [2.05, 4.69) is 22.0 Å². The van der Waals surface area contributed by atoms with Gasteiger partial charge in [-0.1, -0.05) is 42.2 Å². The zero-order valence-corrected chi connectivity index (χ0v) is 17.6.